The number of amides is 1. The Morgan fingerprint density at radius 3 is 3.06 bits per heavy atom. The van der Waals surface area contributed by atoms with Crippen molar-refractivity contribution < 1.29 is 9.53 Å². The summed E-state index contributed by atoms with van der Waals surface area (Å²) in [7, 11) is 0. The Morgan fingerprint density at radius 2 is 2.39 bits per heavy atom. The summed E-state index contributed by atoms with van der Waals surface area (Å²) < 4.78 is 5.78. The molecule has 1 aromatic rings. The number of nitrogens with two attached hydrogens (primary N) is 1. The fraction of sp³-hybridized carbons (Fsp3) is 0.538. The number of nitrogens with zero attached hydrogens (tertiary/aromatic N) is 1. The molecule has 0 aliphatic heterocycles. The van der Waals surface area contributed by atoms with Crippen LogP contribution in [0.25, 0.3) is 0 Å². The van der Waals surface area contributed by atoms with E-state index in [1.165, 1.54) is 0 Å². The van der Waals surface area contributed by atoms with Gasteiger partial charge in [0.2, 0.25) is 0 Å². The normalized spacial score (nSPS) is 22.1. The number of carbonyl (C=O) groups excluding carboxylic acids is 1. The SMILES string of the molecule is CCNC(=O)c1cc(OC2CC(CN)C2)ccn1. The topological polar surface area (TPSA) is 77.2 Å². The van der Waals surface area contributed by atoms with Crippen LogP contribution in [0.5, 0.6) is 5.75 Å². The van der Waals surface area contributed by atoms with Crippen molar-refractivity contribution in [3.8, 4) is 5.75 Å². The minimum absolute atomic E-state index is 0.170. The molecule has 5 nitrogen and oxygen atoms in total. The molecule has 1 fully saturated rings. The van der Waals surface area contributed by atoms with Crippen molar-refractivity contribution in [2.24, 2.45) is 11.7 Å². The summed E-state index contributed by atoms with van der Waals surface area (Å²) in [5.74, 6) is 1.11. The molecule has 1 heterocycles. The highest BCUT2D eigenvalue weighted by Crippen LogP contribution is 2.30. The molecule has 0 aromatic carbocycles. The van der Waals surface area contributed by atoms with Crippen LogP contribution in [0.4, 0.5) is 0 Å². The number of hydrogen-bond acceptors (Lipinski definition) is 4. The third-order valence-corrected chi connectivity index (χ3v) is 3.13. The molecule has 0 unspecified atom stereocenters. The molecule has 1 aromatic heterocycles. The molecule has 18 heavy (non-hydrogen) atoms. The third-order valence-electron chi connectivity index (χ3n) is 3.13. The van der Waals surface area contributed by atoms with Crippen molar-refractivity contribution in [1.29, 1.82) is 0 Å². The number of nitrogens with one attached hydrogen (secondary N) is 1. The van der Waals surface area contributed by atoms with Gasteiger partial charge in [-0.15, -0.1) is 0 Å². The molecule has 1 saturated carbocycles. The molecule has 1 amide bonds. The van der Waals surface area contributed by atoms with Crippen LogP contribution in [0.1, 0.15) is 30.3 Å². The van der Waals surface area contributed by atoms with E-state index in [-0.39, 0.29) is 12.0 Å². The number of rotatable bonds is 5. The van der Waals surface area contributed by atoms with Crippen molar-refractivity contribution in [3.63, 3.8) is 0 Å². The predicted molar refractivity (Wildman–Crippen MR) is 68.4 cm³/mol. The maximum atomic E-state index is 11.6. The van der Waals surface area contributed by atoms with Crippen LogP contribution < -0.4 is 15.8 Å². The lowest BCUT2D eigenvalue weighted by molar-refractivity contribution is 0.0687. The first-order chi connectivity index (χ1) is 8.72. The molecule has 1 aliphatic carbocycles. The predicted octanol–water partition coefficient (Wildman–Crippen LogP) is 0.947. The third kappa shape index (κ3) is 2.98. The number of ether oxygens (including phenoxy) is 1. The average molecular weight is 249 g/mol. The van der Waals surface area contributed by atoms with Gasteiger partial charge in [0.05, 0.1) is 6.10 Å². The molecule has 5 heteroatoms. The summed E-state index contributed by atoms with van der Waals surface area (Å²) in [6.45, 7) is 3.19. The van der Waals surface area contributed by atoms with Crippen LogP contribution in [0.3, 0.4) is 0 Å². The van der Waals surface area contributed by atoms with Crippen molar-refractivity contribution in [2.75, 3.05) is 13.1 Å². The molecule has 0 radical (unpaired) electrons. The van der Waals surface area contributed by atoms with E-state index in [4.69, 9.17) is 10.5 Å². The molecule has 0 bridgehead atoms. The first-order valence-corrected chi connectivity index (χ1v) is 6.34. The first-order valence-electron chi connectivity index (χ1n) is 6.34. The maximum absolute atomic E-state index is 11.6. The van der Waals surface area contributed by atoms with Gasteiger partial charge in [-0.05, 0) is 38.3 Å². The van der Waals surface area contributed by atoms with Crippen molar-refractivity contribution in [2.45, 2.75) is 25.9 Å². The quantitative estimate of drug-likeness (QED) is 0.814. The highest BCUT2D eigenvalue weighted by atomic mass is 16.5. The highest BCUT2D eigenvalue weighted by Gasteiger charge is 2.29. The monoisotopic (exact) mass is 249 g/mol. The van der Waals surface area contributed by atoms with E-state index in [1.54, 1.807) is 18.3 Å². The number of aromatic nitrogens is 1. The van der Waals surface area contributed by atoms with Crippen LogP contribution in [-0.4, -0.2) is 30.1 Å². The van der Waals surface area contributed by atoms with Gasteiger partial charge in [-0.3, -0.25) is 9.78 Å². The van der Waals surface area contributed by atoms with Crippen molar-refractivity contribution >= 4 is 5.91 Å². The van der Waals surface area contributed by atoms with E-state index in [0.29, 0.717) is 23.9 Å². The summed E-state index contributed by atoms with van der Waals surface area (Å²) in [6.07, 6.45) is 3.81. The van der Waals surface area contributed by atoms with E-state index < -0.39 is 0 Å². The minimum atomic E-state index is -0.170. The van der Waals surface area contributed by atoms with Gasteiger partial charge in [0.1, 0.15) is 11.4 Å². The van der Waals surface area contributed by atoms with Gasteiger partial charge < -0.3 is 15.8 Å². The Kier molecular flexibility index (Phi) is 4.15. The van der Waals surface area contributed by atoms with Gasteiger partial charge in [-0.1, -0.05) is 0 Å². The molecule has 0 spiro atoms. The van der Waals surface area contributed by atoms with Gasteiger partial charge in [0.15, 0.2) is 0 Å². The Hall–Kier alpha value is -1.62. The van der Waals surface area contributed by atoms with Crippen LogP contribution >= 0.6 is 0 Å². The molecule has 3 N–H and O–H groups in total. The summed E-state index contributed by atoms with van der Waals surface area (Å²) in [6, 6.07) is 3.46. The zero-order valence-electron chi connectivity index (χ0n) is 10.6. The smallest absolute Gasteiger partial charge is 0.270 e. The second-order valence-electron chi connectivity index (χ2n) is 4.55. The average Bonchev–Trinajstić information content (AvgIpc) is 2.34. The van der Waals surface area contributed by atoms with Crippen molar-refractivity contribution in [3.05, 3.63) is 24.0 Å². The standard InChI is InChI=1S/C13H19N3O2/c1-2-15-13(17)12-7-10(3-4-16-12)18-11-5-9(6-11)8-14/h3-4,7,9,11H,2,5-6,8,14H2,1H3,(H,15,17). The van der Waals surface area contributed by atoms with E-state index in [2.05, 4.69) is 10.3 Å². The molecule has 1 aliphatic rings. The second kappa shape index (κ2) is 5.82. The molecule has 2 rings (SSSR count). The van der Waals surface area contributed by atoms with E-state index in [0.717, 1.165) is 19.4 Å². The Morgan fingerprint density at radius 1 is 1.61 bits per heavy atom. The zero-order chi connectivity index (χ0) is 13.0. The lowest BCUT2D eigenvalue weighted by Crippen LogP contribution is -2.37. The summed E-state index contributed by atoms with van der Waals surface area (Å²) in [4.78, 5) is 15.6. The van der Waals surface area contributed by atoms with E-state index in [9.17, 15) is 4.79 Å². The van der Waals surface area contributed by atoms with Crippen molar-refractivity contribution in [1.82, 2.24) is 10.3 Å². The van der Waals surface area contributed by atoms with Crippen LogP contribution in [-0.2, 0) is 0 Å². The Balaban J connectivity index is 1.93. The van der Waals surface area contributed by atoms with Gasteiger partial charge >= 0.3 is 0 Å². The number of pyridine rings is 1. The second-order valence-corrected chi connectivity index (χ2v) is 4.55. The Labute approximate surface area is 107 Å². The van der Waals surface area contributed by atoms with Crippen LogP contribution in [0.15, 0.2) is 18.3 Å². The molecular formula is C13H19N3O2. The van der Waals surface area contributed by atoms with Crippen LogP contribution in [0.2, 0.25) is 0 Å². The minimum Gasteiger partial charge on any atom is -0.490 e. The van der Waals surface area contributed by atoms with E-state index in [1.807, 2.05) is 6.92 Å². The highest BCUT2D eigenvalue weighted by molar-refractivity contribution is 5.92. The zero-order valence-corrected chi connectivity index (χ0v) is 10.6. The van der Waals surface area contributed by atoms with Gasteiger partial charge in [0, 0.05) is 18.8 Å². The summed E-state index contributed by atoms with van der Waals surface area (Å²) in [5.41, 5.74) is 5.96. The van der Waals surface area contributed by atoms with Gasteiger partial charge in [0.25, 0.3) is 5.91 Å². The first kappa shape index (κ1) is 12.8. The Bertz CT molecular complexity index is 416. The summed E-state index contributed by atoms with van der Waals surface area (Å²) in [5, 5.41) is 2.71. The number of carbonyl (C=O) groups is 1. The molecule has 0 atom stereocenters. The van der Waals surface area contributed by atoms with Gasteiger partial charge in [-0.25, -0.2) is 0 Å². The van der Waals surface area contributed by atoms with Crippen LogP contribution in [0, 0.1) is 5.92 Å². The van der Waals surface area contributed by atoms with Gasteiger partial charge in [-0.2, -0.15) is 0 Å². The fourth-order valence-corrected chi connectivity index (χ4v) is 2.02. The van der Waals surface area contributed by atoms with E-state index >= 15 is 0 Å². The molecular weight excluding hydrogens is 230 g/mol. The molecule has 0 saturated heterocycles. The lowest BCUT2D eigenvalue weighted by atomic mass is 9.82. The fourth-order valence-electron chi connectivity index (χ4n) is 2.02. The largest absolute Gasteiger partial charge is 0.490 e. The lowest BCUT2D eigenvalue weighted by Gasteiger charge is -2.34. The number of hydrogen-bond donors (Lipinski definition) is 2. The molecule has 98 valence electrons. The maximum Gasteiger partial charge on any atom is 0.270 e. The summed E-state index contributed by atoms with van der Waals surface area (Å²) >= 11 is 0.